The van der Waals surface area contributed by atoms with Gasteiger partial charge < -0.3 is 10.6 Å². The molecule has 2 amide bonds. The number of nitrogens with one attached hydrogen (secondary N) is 2. The first-order valence-corrected chi connectivity index (χ1v) is 9.65. The number of amides is 2. The van der Waals surface area contributed by atoms with Crippen molar-refractivity contribution in [2.24, 2.45) is 0 Å². The Morgan fingerprint density at radius 2 is 1.68 bits per heavy atom. The van der Waals surface area contributed by atoms with Gasteiger partial charge in [0.1, 0.15) is 0 Å². The second-order valence-electron chi connectivity index (χ2n) is 6.36. The topological polar surface area (TPSA) is 75.5 Å². The Labute approximate surface area is 165 Å². The van der Waals surface area contributed by atoms with Crippen LogP contribution in [-0.4, -0.2) is 21.2 Å². The molecule has 2 aromatic carbocycles. The minimum Gasteiger partial charge on any atom is -0.326 e. The van der Waals surface area contributed by atoms with Crippen LogP contribution in [0.15, 0.2) is 66.2 Å². The third-order valence-corrected chi connectivity index (χ3v) is 5.07. The Morgan fingerprint density at radius 3 is 2.36 bits per heavy atom. The van der Waals surface area contributed by atoms with E-state index in [1.54, 1.807) is 24.3 Å². The molecule has 140 valence electrons. The number of aromatic nitrogens is 2. The van der Waals surface area contributed by atoms with Gasteiger partial charge in [-0.2, -0.15) is 0 Å². The molecular weight excluding hydrogens is 372 g/mol. The monoisotopic (exact) mass is 390 g/mol. The van der Waals surface area contributed by atoms with E-state index in [2.05, 4.69) is 15.6 Å². The molecule has 0 bridgehead atoms. The smallest absolute Gasteiger partial charge is 0.230 e. The van der Waals surface area contributed by atoms with Crippen molar-refractivity contribution in [1.29, 1.82) is 0 Å². The molecule has 0 saturated heterocycles. The third kappa shape index (κ3) is 3.94. The van der Waals surface area contributed by atoms with Gasteiger partial charge in [-0.1, -0.05) is 30.3 Å². The predicted molar refractivity (Wildman–Crippen MR) is 112 cm³/mol. The molecule has 0 unspecified atom stereocenters. The van der Waals surface area contributed by atoms with Crippen molar-refractivity contribution < 1.29 is 9.59 Å². The molecule has 0 aliphatic rings. The number of benzene rings is 2. The SMILES string of the molecule is CC(=O)Nc1ccc(NC(=O)Cc2csc3nc(-c4ccccc4)cn23)cc1. The van der Waals surface area contributed by atoms with Crippen LogP contribution in [0.1, 0.15) is 12.6 Å². The summed E-state index contributed by atoms with van der Waals surface area (Å²) in [6.07, 6.45) is 2.21. The van der Waals surface area contributed by atoms with Crippen LogP contribution < -0.4 is 10.6 Å². The number of carbonyl (C=O) groups excluding carboxylic acids is 2. The number of hydrogen-bond acceptors (Lipinski definition) is 4. The number of nitrogens with zero attached hydrogens (tertiary/aromatic N) is 2. The number of imidazole rings is 1. The summed E-state index contributed by atoms with van der Waals surface area (Å²) in [6, 6.07) is 17.0. The van der Waals surface area contributed by atoms with Gasteiger partial charge in [-0.3, -0.25) is 14.0 Å². The quantitative estimate of drug-likeness (QED) is 0.536. The zero-order chi connectivity index (χ0) is 19.5. The van der Waals surface area contributed by atoms with Crippen molar-refractivity contribution >= 4 is 39.5 Å². The molecule has 0 radical (unpaired) electrons. The molecule has 4 rings (SSSR count). The summed E-state index contributed by atoms with van der Waals surface area (Å²) in [5.74, 6) is -0.240. The standard InChI is InChI=1S/C21H18N4O2S/c1-14(26)22-16-7-9-17(10-8-16)23-20(27)11-18-13-28-21-24-19(12-25(18)21)15-5-3-2-4-6-15/h2-10,12-13H,11H2,1H3,(H,22,26)(H,23,27). The van der Waals surface area contributed by atoms with Crippen LogP contribution in [0.25, 0.3) is 16.2 Å². The van der Waals surface area contributed by atoms with E-state index in [1.807, 2.05) is 46.3 Å². The van der Waals surface area contributed by atoms with Crippen LogP contribution in [0.3, 0.4) is 0 Å². The molecule has 7 heteroatoms. The van der Waals surface area contributed by atoms with Crippen LogP contribution in [-0.2, 0) is 16.0 Å². The van der Waals surface area contributed by atoms with Crippen molar-refractivity contribution in [3.05, 3.63) is 71.9 Å². The lowest BCUT2D eigenvalue weighted by Crippen LogP contribution is -2.15. The average molecular weight is 390 g/mol. The van der Waals surface area contributed by atoms with Crippen molar-refractivity contribution in [3.8, 4) is 11.3 Å². The first kappa shape index (κ1) is 17.9. The molecule has 2 N–H and O–H groups in total. The minimum absolute atomic E-state index is 0.109. The van der Waals surface area contributed by atoms with Crippen LogP contribution in [0.4, 0.5) is 11.4 Å². The third-order valence-electron chi connectivity index (χ3n) is 4.18. The van der Waals surface area contributed by atoms with Gasteiger partial charge in [0.2, 0.25) is 11.8 Å². The predicted octanol–water partition coefficient (Wildman–Crippen LogP) is 4.20. The van der Waals surface area contributed by atoms with Gasteiger partial charge in [-0.25, -0.2) is 4.98 Å². The minimum atomic E-state index is -0.131. The van der Waals surface area contributed by atoms with Crippen molar-refractivity contribution in [2.45, 2.75) is 13.3 Å². The fourth-order valence-corrected chi connectivity index (χ4v) is 3.79. The maximum absolute atomic E-state index is 12.5. The Bertz CT molecular complexity index is 1130. The molecule has 2 aromatic heterocycles. The van der Waals surface area contributed by atoms with E-state index >= 15 is 0 Å². The summed E-state index contributed by atoms with van der Waals surface area (Å²) in [5.41, 5.74) is 4.20. The molecule has 28 heavy (non-hydrogen) atoms. The van der Waals surface area contributed by atoms with Gasteiger partial charge >= 0.3 is 0 Å². The highest BCUT2D eigenvalue weighted by Crippen LogP contribution is 2.24. The highest BCUT2D eigenvalue weighted by atomic mass is 32.1. The summed E-state index contributed by atoms with van der Waals surface area (Å²) < 4.78 is 1.96. The summed E-state index contributed by atoms with van der Waals surface area (Å²) >= 11 is 1.52. The van der Waals surface area contributed by atoms with E-state index in [0.29, 0.717) is 11.4 Å². The van der Waals surface area contributed by atoms with Crippen molar-refractivity contribution in [3.63, 3.8) is 0 Å². The lowest BCUT2D eigenvalue weighted by molar-refractivity contribution is -0.116. The van der Waals surface area contributed by atoms with Gasteiger partial charge in [0, 0.05) is 41.1 Å². The molecule has 0 aliphatic heterocycles. The maximum atomic E-state index is 12.5. The summed E-state index contributed by atoms with van der Waals surface area (Å²) in [5, 5.41) is 7.54. The van der Waals surface area contributed by atoms with Crippen molar-refractivity contribution in [2.75, 3.05) is 10.6 Å². The number of hydrogen-bond donors (Lipinski definition) is 2. The molecular formula is C21H18N4O2S. The highest BCUT2D eigenvalue weighted by Gasteiger charge is 2.12. The number of anilines is 2. The normalized spacial score (nSPS) is 10.8. The van der Waals surface area contributed by atoms with Crippen LogP contribution in [0.2, 0.25) is 0 Å². The largest absolute Gasteiger partial charge is 0.326 e. The summed E-state index contributed by atoms with van der Waals surface area (Å²) in [4.78, 5) is 29.0. The zero-order valence-corrected chi connectivity index (χ0v) is 16.0. The molecule has 6 nitrogen and oxygen atoms in total. The van der Waals surface area contributed by atoms with Gasteiger partial charge in [0.25, 0.3) is 0 Å². The molecule has 0 spiro atoms. The van der Waals surface area contributed by atoms with Crippen LogP contribution in [0.5, 0.6) is 0 Å². The van der Waals surface area contributed by atoms with Gasteiger partial charge in [-0.15, -0.1) is 11.3 Å². The molecule has 0 aliphatic carbocycles. The highest BCUT2D eigenvalue weighted by molar-refractivity contribution is 7.15. The molecule has 4 aromatic rings. The van der Waals surface area contributed by atoms with E-state index < -0.39 is 0 Å². The maximum Gasteiger partial charge on any atom is 0.230 e. The zero-order valence-electron chi connectivity index (χ0n) is 15.2. The van der Waals surface area contributed by atoms with E-state index in [9.17, 15) is 9.59 Å². The molecule has 0 atom stereocenters. The number of rotatable bonds is 5. The fourth-order valence-electron chi connectivity index (χ4n) is 2.91. The molecule has 0 fully saturated rings. The average Bonchev–Trinajstić information content (AvgIpc) is 3.26. The Morgan fingerprint density at radius 1 is 1.00 bits per heavy atom. The van der Waals surface area contributed by atoms with Crippen LogP contribution >= 0.6 is 11.3 Å². The van der Waals surface area contributed by atoms with E-state index in [4.69, 9.17) is 0 Å². The second-order valence-corrected chi connectivity index (χ2v) is 7.19. The lowest BCUT2D eigenvalue weighted by Gasteiger charge is -2.07. The summed E-state index contributed by atoms with van der Waals surface area (Å²) in [6.45, 7) is 1.45. The lowest BCUT2D eigenvalue weighted by atomic mass is 10.2. The van der Waals surface area contributed by atoms with Crippen LogP contribution in [0, 0.1) is 0 Å². The van der Waals surface area contributed by atoms with Gasteiger partial charge in [0.05, 0.1) is 12.1 Å². The van der Waals surface area contributed by atoms with E-state index in [0.717, 1.165) is 21.9 Å². The number of carbonyl (C=O) groups is 2. The van der Waals surface area contributed by atoms with Gasteiger partial charge in [-0.05, 0) is 24.3 Å². The Kier molecular flexibility index (Phi) is 4.90. The molecule has 0 saturated carbocycles. The second kappa shape index (κ2) is 7.66. The summed E-state index contributed by atoms with van der Waals surface area (Å²) in [7, 11) is 0. The van der Waals surface area contributed by atoms with E-state index in [1.165, 1.54) is 18.3 Å². The van der Waals surface area contributed by atoms with Gasteiger partial charge in [0.15, 0.2) is 4.96 Å². The number of thiazole rings is 1. The molecule has 2 heterocycles. The fraction of sp³-hybridized carbons (Fsp3) is 0.0952. The Balaban J connectivity index is 1.46. The number of fused-ring (bicyclic) bond motifs is 1. The Hall–Kier alpha value is -3.45. The first-order chi connectivity index (χ1) is 13.6. The van der Waals surface area contributed by atoms with Crippen molar-refractivity contribution in [1.82, 2.24) is 9.38 Å². The first-order valence-electron chi connectivity index (χ1n) is 8.77. The van der Waals surface area contributed by atoms with E-state index in [-0.39, 0.29) is 18.2 Å².